The highest BCUT2D eigenvalue weighted by Gasteiger charge is 2.27. The topological polar surface area (TPSA) is 78.1 Å². The first kappa shape index (κ1) is 20.1. The van der Waals surface area contributed by atoms with Gasteiger partial charge in [0.15, 0.2) is 5.16 Å². The summed E-state index contributed by atoms with van der Waals surface area (Å²) in [7, 11) is 0. The molecule has 7 nitrogen and oxygen atoms in total. The third-order valence-corrected chi connectivity index (χ3v) is 6.07. The Kier molecular flexibility index (Phi) is 6.42. The second kappa shape index (κ2) is 9.57. The van der Waals surface area contributed by atoms with Crippen LogP contribution in [0.5, 0.6) is 0 Å². The van der Waals surface area contributed by atoms with E-state index in [1.807, 2.05) is 70.1 Å². The number of aromatic nitrogens is 3. The van der Waals surface area contributed by atoms with Gasteiger partial charge in [-0.15, -0.1) is 10.2 Å². The second-order valence-corrected chi connectivity index (χ2v) is 7.91. The quantitative estimate of drug-likeness (QED) is 0.573. The fourth-order valence-electron chi connectivity index (χ4n) is 3.54. The second-order valence-electron chi connectivity index (χ2n) is 6.97. The minimum atomic E-state index is -0.276. The van der Waals surface area contributed by atoms with Crippen molar-refractivity contribution in [3.63, 3.8) is 0 Å². The highest BCUT2D eigenvalue weighted by molar-refractivity contribution is 7.99. The van der Waals surface area contributed by atoms with Crippen molar-refractivity contribution in [2.45, 2.75) is 11.2 Å². The van der Waals surface area contributed by atoms with E-state index in [0.717, 1.165) is 11.3 Å². The lowest BCUT2D eigenvalue weighted by molar-refractivity contribution is -0.130. The van der Waals surface area contributed by atoms with Gasteiger partial charge in [-0.05, 0) is 17.7 Å². The number of rotatable bonds is 6. The molecule has 0 radical (unpaired) electrons. The molecular weight excluding hydrogens is 396 g/mol. The van der Waals surface area contributed by atoms with Gasteiger partial charge in [0.2, 0.25) is 5.91 Å². The van der Waals surface area contributed by atoms with Gasteiger partial charge < -0.3 is 4.90 Å². The molecule has 1 aliphatic heterocycles. The molecule has 1 aliphatic rings. The molecule has 1 amide bonds. The normalized spacial score (nSPS) is 15.5. The fraction of sp³-hybridized carbons (Fsp3) is 0.273. The van der Waals surface area contributed by atoms with Crippen LogP contribution in [0.1, 0.15) is 11.6 Å². The molecule has 1 fully saturated rings. The fourth-order valence-corrected chi connectivity index (χ4v) is 4.37. The van der Waals surface area contributed by atoms with Gasteiger partial charge >= 0.3 is 0 Å². The Hall–Kier alpha value is -3.15. The molecule has 0 spiro atoms. The van der Waals surface area contributed by atoms with Crippen molar-refractivity contribution in [3.8, 4) is 11.8 Å². The minimum absolute atomic E-state index is 0.0791. The molecule has 0 saturated carbocycles. The maximum Gasteiger partial charge on any atom is 0.233 e. The molecule has 1 aromatic heterocycles. The number of nitrogens with zero attached hydrogens (tertiary/aromatic N) is 6. The molecule has 4 rings (SSSR count). The maximum atomic E-state index is 12.7. The first-order valence-electron chi connectivity index (χ1n) is 9.81. The van der Waals surface area contributed by atoms with Gasteiger partial charge in [-0.3, -0.25) is 14.3 Å². The average molecular weight is 419 g/mol. The third-order valence-electron chi connectivity index (χ3n) is 5.15. The smallest absolute Gasteiger partial charge is 0.233 e. The zero-order valence-electron chi connectivity index (χ0n) is 16.5. The van der Waals surface area contributed by atoms with Gasteiger partial charge in [0, 0.05) is 31.9 Å². The zero-order valence-corrected chi connectivity index (χ0v) is 17.3. The summed E-state index contributed by atoms with van der Waals surface area (Å²) in [5.74, 6) is 0.391. The third kappa shape index (κ3) is 4.53. The van der Waals surface area contributed by atoms with Gasteiger partial charge in [-0.25, -0.2) is 0 Å². The lowest BCUT2D eigenvalue weighted by atomic mass is 10.1. The van der Waals surface area contributed by atoms with E-state index in [4.69, 9.17) is 0 Å². The number of carbonyl (C=O) groups excluding carboxylic acids is 1. The molecule has 1 atom stereocenters. The van der Waals surface area contributed by atoms with Crippen LogP contribution in [0.25, 0.3) is 5.69 Å². The lowest BCUT2D eigenvalue weighted by Gasteiger charge is -2.37. The SMILES string of the molecule is N#CC(c1ccccc1)N1CCN(C(=O)CSc2nncn2-c2ccccc2)CC1. The summed E-state index contributed by atoms with van der Waals surface area (Å²) in [4.78, 5) is 16.7. The largest absolute Gasteiger partial charge is 0.339 e. The molecule has 1 saturated heterocycles. The highest BCUT2D eigenvalue weighted by Crippen LogP contribution is 2.23. The molecule has 152 valence electrons. The predicted octanol–water partition coefficient (Wildman–Crippen LogP) is 2.77. The van der Waals surface area contributed by atoms with E-state index >= 15 is 0 Å². The van der Waals surface area contributed by atoms with Crippen LogP contribution in [0.3, 0.4) is 0 Å². The Balaban J connectivity index is 1.32. The van der Waals surface area contributed by atoms with Gasteiger partial charge in [-0.2, -0.15) is 5.26 Å². The number of piperazine rings is 1. The van der Waals surface area contributed by atoms with Crippen molar-refractivity contribution in [3.05, 3.63) is 72.6 Å². The van der Waals surface area contributed by atoms with Crippen LogP contribution in [0.4, 0.5) is 0 Å². The molecule has 30 heavy (non-hydrogen) atoms. The Morgan fingerprint density at radius 3 is 2.37 bits per heavy atom. The number of benzene rings is 2. The van der Waals surface area contributed by atoms with Crippen LogP contribution < -0.4 is 0 Å². The molecule has 3 aromatic rings. The van der Waals surface area contributed by atoms with Crippen molar-refractivity contribution >= 4 is 17.7 Å². The molecule has 8 heteroatoms. The van der Waals surface area contributed by atoms with E-state index in [2.05, 4.69) is 21.2 Å². The summed E-state index contributed by atoms with van der Waals surface area (Å²) >= 11 is 1.39. The molecular formula is C22H22N6OS. The molecule has 0 bridgehead atoms. The van der Waals surface area contributed by atoms with Gasteiger partial charge in [-0.1, -0.05) is 60.3 Å². The Labute approximate surface area is 179 Å². The van der Waals surface area contributed by atoms with Crippen LogP contribution in [0.15, 0.2) is 72.1 Å². The van der Waals surface area contributed by atoms with Gasteiger partial charge in [0.25, 0.3) is 0 Å². The number of para-hydroxylation sites is 1. The zero-order chi connectivity index (χ0) is 20.8. The predicted molar refractivity (Wildman–Crippen MR) is 115 cm³/mol. The summed E-state index contributed by atoms with van der Waals surface area (Å²) in [6.45, 7) is 2.61. The number of hydrogen-bond donors (Lipinski definition) is 0. The summed E-state index contributed by atoms with van der Waals surface area (Å²) in [5.41, 5.74) is 1.96. The van der Waals surface area contributed by atoms with E-state index in [1.54, 1.807) is 6.33 Å². The number of carbonyl (C=O) groups is 1. The molecule has 2 aromatic carbocycles. The van der Waals surface area contributed by atoms with Crippen molar-refractivity contribution in [2.75, 3.05) is 31.9 Å². The van der Waals surface area contributed by atoms with Crippen LogP contribution in [0.2, 0.25) is 0 Å². The number of hydrogen-bond acceptors (Lipinski definition) is 6. The maximum absolute atomic E-state index is 12.7. The molecule has 1 unspecified atom stereocenters. The van der Waals surface area contributed by atoms with Gasteiger partial charge in [0.1, 0.15) is 12.4 Å². The van der Waals surface area contributed by atoms with Crippen molar-refractivity contribution < 1.29 is 4.79 Å². The standard InChI is InChI=1S/C22H22N6OS/c23-15-20(18-7-3-1-4-8-18)26-11-13-27(14-12-26)21(29)16-30-22-25-24-17-28(22)19-9-5-2-6-10-19/h1-10,17,20H,11-14,16H2. The van der Waals surface area contributed by atoms with Crippen LogP contribution in [-0.2, 0) is 4.79 Å². The van der Waals surface area contributed by atoms with Crippen molar-refractivity contribution in [1.29, 1.82) is 5.26 Å². The van der Waals surface area contributed by atoms with Crippen LogP contribution in [-0.4, -0.2) is 62.4 Å². The Morgan fingerprint density at radius 1 is 1.03 bits per heavy atom. The lowest BCUT2D eigenvalue weighted by Crippen LogP contribution is -2.50. The average Bonchev–Trinajstić information content (AvgIpc) is 3.28. The highest BCUT2D eigenvalue weighted by atomic mass is 32.2. The first-order valence-corrected chi connectivity index (χ1v) is 10.8. The Morgan fingerprint density at radius 2 is 1.70 bits per heavy atom. The van der Waals surface area contributed by atoms with Crippen molar-refractivity contribution in [1.82, 2.24) is 24.6 Å². The molecule has 0 aliphatic carbocycles. The van der Waals surface area contributed by atoms with E-state index in [-0.39, 0.29) is 11.9 Å². The monoisotopic (exact) mass is 418 g/mol. The number of amides is 1. The summed E-state index contributed by atoms with van der Waals surface area (Å²) in [6, 6.07) is 21.8. The number of thioether (sulfide) groups is 1. The van der Waals surface area contributed by atoms with Crippen molar-refractivity contribution in [2.24, 2.45) is 0 Å². The Bertz CT molecular complexity index is 1010. The van der Waals surface area contributed by atoms with Crippen LogP contribution in [0, 0.1) is 11.3 Å². The van der Waals surface area contributed by atoms with E-state index in [0.29, 0.717) is 37.1 Å². The molecule has 2 heterocycles. The summed E-state index contributed by atoms with van der Waals surface area (Å²) < 4.78 is 1.88. The van der Waals surface area contributed by atoms with E-state index < -0.39 is 0 Å². The van der Waals surface area contributed by atoms with E-state index in [1.165, 1.54) is 11.8 Å². The number of nitriles is 1. The van der Waals surface area contributed by atoms with E-state index in [9.17, 15) is 10.1 Å². The summed E-state index contributed by atoms with van der Waals surface area (Å²) in [5, 5.41) is 18.5. The van der Waals surface area contributed by atoms with Gasteiger partial charge in [0.05, 0.1) is 11.8 Å². The minimum Gasteiger partial charge on any atom is -0.339 e. The summed E-state index contributed by atoms with van der Waals surface area (Å²) in [6.07, 6.45) is 1.66. The molecule has 0 N–H and O–H groups in total. The first-order chi connectivity index (χ1) is 14.8. The van der Waals surface area contributed by atoms with Crippen LogP contribution >= 0.6 is 11.8 Å².